The summed E-state index contributed by atoms with van der Waals surface area (Å²) in [5.74, 6) is -0.145. The number of nitrogens with zero attached hydrogens (tertiary/aromatic N) is 2. The molecule has 1 amide bonds. The molecule has 0 bridgehead atoms. The van der Waals surface area contributed by atoms with Crippen LogP contribution < -0.4 is 11.1 Å². The first-order chi connectivity index (χ1) is 16.1. The lowest BCUT2D eigenvalue weighted by molar-refractivity contribution is -0.116. The molecular weight excluding hydrogens is 428 g/mol. The molecule has 5 rings (SSSR count). The molecule has 1 saturated carbocycles. The van der Waals surface area contributed by atoms with Crippen molar-refractivity contribution in [3.05, 3.63) is 95.2 Å². The number of benzene rings is 2. The zero-order chi connectivity index (χ0) is 22.7. The number of nitrogens with two attached hydrogens (primary N) is 1. The van der Waals surface area contributed by atoms with Gasteiger partial charge in [-0.2, -0.15) is 0 Å². The maximum absolute atomic E-state index is 12.8. The Balaban J connectivity index is 1.41. The fourth-order valence-corrected chi connectivity index (χ4v) is 5.23. The number of aliphatic imine (C=N–C) groups is 2. The zero-order valence-corrected chi connectivity index (χ0v) is 19.1. The van der Waals surface area contributed by atoms with Crippen LogP contribution in [0.4, 0.5) is 0 Å². The Morgan fingerprint density at radius 3 is 2.55 bits per heavy atom. The van der Waals surface area contributed by atoms with E-state index in [1.807, 2.05) is 18.2 Å². The number of amidine groups is 1. The van der Waals surface area contributed by atoms with Gasteiger partial charge < -0.3 is 11.1 Å². The summed E-state index contributed by atoms with van der Waals surface area (Å²) in [5, 5.41) is 3.60. The molecule has 0 aromatic heterocycles. The van der Waals surface area contributed by atoms with E-state index in [-0.39, 0.29) is 11.4 Å². The fourth-order valence-electron chi connectivity index (χ4n) is 4.21. The van der Waals surface area contributed by atoms with Gasteiger partial charge in [-0.15, -0.1) is 0 Å². The van der Waals surface area contributed by atoms with Crippen LogP contribution in [-0.4, -0.2) is 23.8 Å². The van der Waals surface area contributed by atoms with Crippen molar-refractivity contribution in [2.45, 2.75) is 31.2 Å². The van der Waals surface area contributed by atoms with E-state index in [0.29, 0.717) is 23.7 Å². The van der Waals surface area contributed by atoms with Gasteiger partial charge in [0.15, 0.2) is 5.17 Å². The number of carbonyl (C=O) groups excluding carboxylic acids is 1. The summed E-state index contributed by atoms with van der Waals surface area (Å²) in [6.07, 6.45) is 10.8. The fraction of sp³-hybridized carbons (Fsp3) is 0.222. The highest BCUT2D eigenvalue weighted by Gasteiger charge is 2.34. The Morgan fingerprint density at radius 1 is 1.03 bits per heavy atom. The van der Waals surface area contributed by atoms with Gasteiger partial charge in [0.05, 0.1) is 6.54 Å². The summed E-state index contributed by atoms with van der Waals surface area (Å²) in [7, 11) is 0. The van der Waals surface area contributed by atoms with Gasteiger partial charge in [-0.25, -0.2) is 0 Å². The molecule has 166 valence electrons. The minimum atomic E-state index is -0.168. The molecule has 33 heavy (non-hydrogen) atoms. The number of amides is 1. The van der Waals surface area contributed by atoms with E-state index in [4.69, 9.17) is 10.7 Å². The van der Waals surface area contributed by atoms with E-state index in [0.717, 1.165) is 34.4 Å². The predicted octanol–water partition coefficient (Wildman–Crippen LogP) is 5.03. The van der Waals surface area contributed by atoms with Gasteiger partial charge in [0.25, 0.3) is 5.91 Å². The Kier molecular flexibility index (Phi) is 6.11. The molecule has 2 aromatic rings. The summed E-state index contributed by atoms with van der Waals surface area (Å²) in [4.78, 5) is 22.7. The quantitative estimate of drug-likeness (QED) is 0.680. The molecule has 0 radical (unpaired) electrons. The summed E-state index contributed by atoms with van der Waals surface area (Å²) >= 11 is 1.50. The van der Waals surface area contributed by atoms with Crippen molar-refractivity contribution in [3.8, 4) is 0 Å². The molecule has 2 aliphatic heterocycles. The van der Waals surface area contributed by atoms with Gasteiger partial charge >= 0.3 is 0 Å². The lowest BCUT2D eigenvalue weighted by Crippen LogP contribution is -2.43. The van der Waals surface area contributed by atoms with Crippen LogP contribution in [0.15, 0.2) is 88.5 Å². The van der Waals surface area contributed by atoms with Crippen LogP contribution in [0.1, 0.15) is 42.4 Å². The molecule has 1 fully saturated rings. The normalized spacial score (nSPS) is 19.3. The van der Waals surface area contributed by atoms with Crippen LogP contribution in [0.3, 0.4) is 0 Å². The van der Waals surface area contributed by atoms with E-state index < -0.39 is 0 Å². The average molecular weight is 455 g/mol. The summed E-state index contributed by atoms with van der Waals surface area (Å²) in [6.45, 7) is 0.500. The van der Waals surface area contributed by atoms with Gasteiger partial charge in [0.2, 0.25) is 0 Å². The summed E-state index contributed by atoms with van der Waals surface area (Å²) in [5.41, 5.74) is 11.6. The first kappa shape index (κ1) is 21.6. The number of thioether (sulfide) groups is 1. The molecule has 0 spiro atoms. The molecule has 0 saturated heterocycles. The Labute approximate surface area is 198 Å². The van der Waals surface area contributed by atoms with Crippen molar-refractivity contribution in [3.63, 3.8) is 0 Å². The largest absolute Gasteiger partial charge is 0.321 e. The molecule has 6 heteroatoms. The van der Waals surface area contributed by atoms with E-state index in [9.17, 15) is 4.79 Å². The van der Waals surface area contributed by atoms with Crippen LogP contribution in [-0.2, 0) is 10.3 Å². The van der Waals surface area contributed by atoms with Crippen LogP contribution >= 0.6 is 11.8 Å². The van der Waals surface area contributed by atoms with Gasteiger partial charge in [-0.1, -0.05) is 72.4 Å². The molecule has 1 aliphatic carbocycles. The monoisotopic (exact) mass is 454 g/mol. The molecule has 5 nitrogen and oxygen atoms in total. The average Bonchev–Trinajstić information content (AvgIpc) is 3.13. The predicted molar refractivity (Wildman–Crippen MR) is 138 cm³/mol. The highest BCUT2D eigenvalue weighted by molar-refractivity contribution is 8.22. The maximum Gasteiger partial charge on any atom is 0.253 e. The second-order valence-corrected chi connectivity index (χ2v) is 9.51. The molecular formula is C27H26N4OS. The minimum absolute atomic E-state index is 0.145. The lowest BCUT2D eigenvalue weighted by Gasteiger charge is -2.38. The third kappa shape index (κ3) is 4.63. The number of hydrogen-bond donors (Lipinski definition) is 2. The van der Waals surface area contributed by atoms with Gasteiger partial charge in [-0.3, -0.25) is 14.8 Å². The molecule has 3 aliphatic rings. The van der Waals surface area contributed by atoms with Crippen molar-refractivity contribution >= 4 is 39.5 Å². The van der Waals surface area contributed by atoms with Crippen LogP contribution in [0.25, 0.3) is 10.5 Å². The summed E-state index contributed by atoms with van der Waals surface area (Å²) < 4.78 is 0. The van der Waals surface area contributed by atoms with Crippen molar-refractivity contribution < 1.29 is 4.79 Å². The molecule has 2 aromatic carbocycles. The van der Waals surface area contributed by atoms with Gasteiger partial charge in [0.1, 0.15) is 0 Å². The lowest BCUT2D eigenvalue weighted by atomic mass is 9.72. The molecule has 0 unspecified atom stereocenters. The Hall–Kier alpha value is -3.22. The smallest absolute Gasteiger partial charge is 0.253 e. The standard InChI is InChI=1S/C27H26N4OS/c28-27(14-5-15-27)22-11-9-19(10-12-22)23-18-30-26(33-24(23)20-6-2-1-3-7-20)31-25(32)21-8-4-16-29-17-13-21/h1-4,6-12,16-17H,5,13-15,18,28H2,(H,30,31,32). The highest BCUT2D eigenvalue weighted by atomic mass is 32.2. The van der Waals surface area contributed by atoms with Crippen LogP contribution in [0.5, 0.6) is 0 Å². The van der Waals surface area contributed by atoms with Gasteiger partial charge in [0, 0.05) is 34.9 Å². The Bertz CT molecular complexity index is 1200. The van der Waals surface area contributed by atoms with Crippen molar-refractivity contribution in [1.29, 1.82) is 0 Å². The number of hydrogen-bond acceptors (Lipinski definition) is 5. The van der Waals surface area contributed by atoms with Crippen molar-refractivity contribution in [2.24, 2.45) is 15.7 Å². The first-order valence-electron chi connectivity index (χ1n) is 11.2. The molecule has 2 heterocycles. The SMILES string of the molecule is NC1(c2ccc(C3=C(c4ccccc4)SC(NC(=O)C4=CC=CN=CC4)=NC3)cc2)CCC1. The first-order valence-corrected chi connectivity index (χ1v) is 12.0. The zero-order valence-electron chi connectivity index (χ0n) is 18.3. The summed E-state index contributed by atoms with van der Waals surface area (Å²) in [6, 6.07) is 18.9. The molecule has 3 N–H and O–H groups in total. The second kappa shape index (κ2) is 9.33. The van der Waals surface area contributed by atoms with E-state index in [2.05, 4.69) is 46.7 Å². The van der Waals surface area contributed by atoms with E-state index >= 15 is 0 Å². The van der Waals surface area contributed by atoms with Crippen molar-refractivity contribution in [2.75, 3.05) is 6.54 Å². The number of nitrogens with one attached hydrogen (secondary N) is 1. The maximum atomic E-state index is 12.8. The third-order valence-corrected chi connectivity index (χ3v) is 7.45. The van der Waals surface area contributed by atoms with E-state index in [1.165, 1.54) is 23.7 Å². The second-order valence-electron chi connectivity index (χ2n) is 8.51. The van der Waals surface area contributed by atoms with E-state index in [1.54, 1.807) is 24.6 Å². The highest BCUT2D eigenvalue weighted by Crippen LogP contribution is 2.41. The van der Waals surface area contributed by atoms with Gasteiger partial charge in [-0.05, 0) is 47.6 Å². The molecule has 0 atom stereocenters. The third-order valence-electron chi connectivity index (χ3n) is 6.34. The number of rotatable bonds is 4. The number of carbonyl (C=O) groups is 1. The minimum Gasteiger partial charge on any atom is -0.321 e. The van der Waals surface area contributed by atoms with Crippen LogP contribution in [0.2, 0.25) is 0 Å². The number of allylic oxidation sites excluding steroid dienone is 2. The van der Waals surface area contributed by atoms with Crippen LogP contribution in [0, 0.1) is 0 Å². The topological polar surface area (TPSA) is 79.8 Å². The van der Waals surface area contributed by atoms with Crippen molar-refractivity contribution in [1.82, 2.24) is 5.32 Å². The Morgan fingerprint density at radius 2 is 1.82 bits per heavy atom.